The predicted octanol–water partition coefficient (Wildman–Crippen LogP) is 3.01. The van der Waals surface area contributed by atoms with Gasteiger partial charge in [-0.3, -0.25) is 15.0 Å². The summed E-state index contributed by atoms with van der Waals surface area (Å²) < 4.78 is 19.0. The molecular weight excluding hydrogens is 307 g/mol. The third-order valence-corrected chi connectivity index (χ3v) is 3.32. The highest BCUT2D eigenvalue weighted by Crippen LogP contribution is 2.30. The molecule has 0 fully saturated rings. The maximum absolute atomic E-state index is 13.8. The molecule has 0 aliphatic carbocycles. The summed E-state index contributed by atoms with van der Waals surface area (Å²) in [5.74, 6) is -1.09. The Labute approximate surface area is 133 Å². The van der Waals surface area contributed by atoms with Crippen molar-refractivity contribution in [2.45, 2.75) is 38.8 Å². The largest absolute Gasteiger partial charge is 0.444 e. The van der Waals surface area contributed by atoms with Gasteiger partial charge < -0.3 is 9.53 Å². The van der Waals surface area contributed by atoms with Gasteiger partial charge in [0.05, 0.1) is 4.92 Å². The van der Waals surface area contributed by atoms with Crippen LogP contribution in [-0.4, -0.2) is 34.9 Å². The topological polar surface area (TPSA) is 89.8 Å². The molecule has 0 aliphatic heterocycles. The average molecular weight is 326 g/mol. The minimum absolute atomic E-state index is 0.101. The van der Waals surface area contributed by atoms with Crippen molar-refractivity contribution in [1.82, 2.24) is 4.90 Å². The monoisotopic (exact) mass is 326 g/mol. The summed E-state index contributed by atoms with van der Waals surface area (Å²) in [6.07, 6.45) is -0.316. The number of hydrogen-bond acceptors (Lipinski definition) is 5. The second-order valence-electron chi connectivity index (χ2n) is 6.23. The molecule has 1 amide bonds. The maximum Gasteiger partial charge on any atom is 0.411 e. The lowest BCUT2D eigenvalue weighted by Gasteiger charge is -2.35. The van der Waals surface area contributed by atoms with E-state index in [4.69, 9.17) is 4.74 Å². The van der Waals surface area contributed by atoms with Gasteiger partial charge in [-0.1, -0.05) is 0 Å². The number of amides is 1. The fourth-order valence-corrected chi connectivity index (χ4v) is 1.83. The van der Waals surface area contributed by atoms with Crippen molar-refractivity contribution in [3.63, 3.8) is 0 Å². The molecule has 1 atom stereocenters. The van der Waals surface area contributed by atoms with Crippen LogP contribution in [0.15, 0.2) is 18.2 Å². The molecule has 0 aliphatic rings. The summed E-state index contributed by atoms with van der Waals surface area (Å²) in [7, 11) is 1.34. The number of carbonyl (C=O) groups excluding carboxylic acids is 2. The quantitative estimate of drug-likeness (QED) is 0.482. The SMILES string of the molecule is CN(C(=O)OC(C)(C)C)C(C)(C=O)c1ccc([N+](=O)[O-])c(F)c1. The Kier molecular flexibility index (Phi) is 5.09. The first kappa shape index (κ1) is 18.5. The maximum atomic E-state index is 13.8. The van der Waals surface area contributed by atoms with Gasteiger partial charge in [-0.05, 0) is 45.4 Å². The summed E-state index contributed by atoms with van der Waals surface area (Å²) in [5, 5.41) is 10.7. The molecule has 8 heteroatoms. The lowest BCUT2D eigenvalue weighted by atomic mass is 9.92. The minimum Gasteiger partial charge on any atom is -0.444 e. The van der Waals surface area contributed by atoms with Gasteiger partial charge in [0, 0.05) is 13.1 Å². The lowest BCUT2D eigenvalue weighted by Crippen LogP contribution is -2.48. The Morgan fingerprint density at radius 2 is 1.91 bits per heavy atom. The summed E-state index contributed by atoms with van der Waals surface area (Å²) in [6, 6.07) is 3.05. The number of aldehydes is 1. The first-order valence-electron chi connectivity index (χ1n) is 6.80. The van der Waals surface area contributed by atoms with Gasteiger partial charge in [0.25, 0.3) is 0 Å². The van der Waals surface area contributed by atoms with Crippen molar-refractivity contribution in [2.24, 2.45) is 0 Å². The molecule has 0 heterocycles. The van der Waals surface area contributed by atoms with E-state index in [9.17, 15) is 24.1 Å². The van der Waals surface area contributed by atoms with Gasteiger partial charge in [-0.25, -0.2) is 4.79 Å². The van der Waals surface area contributed by atoms with Crippen LogP contribution < -0.4 is 0 Å². The normalized spacial score (nSPS) is 13.8. The fourth-order valence-electron chi connectivity index (χ4n) is 1.83. The van der Waals surface area contributed by atoms with E-state index in [1.165, 1.54) is 20.0 Å². The molecule has 0 aromatic heterocycles. The second-order valence-corrected chi connectivity index (χ2v) is 6.23. The highest BCUT2D eigenvalue weighted by atomic mass is 19.1. The summed E-state index contributed by atoms with van der Waals surface area (Å²) in [6.45, 7) is 6.40. The van der Waals surface area contributed by atoms with Crippen LogP contribution in [0, 0.1) is 15.9 Å². The van der Waals surface area contributed by atoms with Gasteiger partial charge in [0.2, 0.25) is 5.82 Å². The first-order valence-corrected chi connectivity index (χ1v) is 6.80. The molecule has 0 N–H and O–H groups in total. The number of carbonyl (C=O) groups is 2. The van der Waals surface area contributed by atoms with Crippen LogP contribution in [0.25, 0.3) is 0 Å². The van der Waals surface area contributed by atoms with Crippen molar-refractivity contribution < 1.29 is 23.6 Å². The Bertz CT molecular complexity index is 641. The van der Waals surface area contributed by atoms with E-state index in [0.29, 0.717) is 6.29 Å². The third kappa shape index (κ3) is 4.02. The fraction of sp³-hybridized carbons (Fsp3) is 0.467. The Balaban J connectivity index is 3.23. The van der Waals surface area contributed by atoms with Gasteiger partial charge in [0.15, 0.2) is 0 Å². The number of ether oxygens (including phenoxy) is 1. The van der Waals surface area contributed by atoms with E-state index >= 15 is 0 Å². The highest BCUT2D eigenvalue weighted by molar-refractivity contribution is 5.78. The van der Waals surface area contributed by atoms with Gasteiger partial charge >= 0.3 is 11.8 Å². The van der Waals surface area contributed by atoms with E-state index in [1.807, 2.05) is 0 Å². The lowest BCUT2D eigenvalue weighted by molar-refractivity contribution is -0.387. The van der Waals surface area contributed by atoms with Crippen LogP contribution in [0.4, 0.5) is 14.9 Å². The van der Waals surface area contributed by atoms with Gasteiger partial charge in [-0.15, -0.1) is 0 Å². The molecule has 1 aromatic carbocycles. The van der Waals surface area contributed by atoms with Crippen molar-refractivity contribution >= 4 is 18.1 Å². The number of nitrogens with zero attached hydrogens (tertiary/aromatic N) is 2. The number of nitro benzene ring substituents is 1. The predicted molar refractivity (Wildman–Crippen MR) is 80.5 cm³/mol. The van der Waals surface area contributed by atoms with Crippen LogP contribution in [-0.2, 0) is 15.1 Å². The molecule has 1 unspecified atom stereocenters. The molecule has 0 radical (unpaired) electrons. The number of likely N-dealkylation sites (N-methyl/N-ethyl adjacent to an activating group) is 1. The van der Waals surface area contributed by atoms with Crippen LogP contribution in [0.1, 0.15) is 33.3 Å². The van der Waals surface area contributed by atoms with Gasteiger partial charge in [0.1, 0.15) is 17.4 Å². The van der Waals surface area contributed by atoms with E-state index in [2.05, 4.69) is 0 Å². The first-order chi connectivity index (χ1) is 10.4. The van der Waals surface area contributed by atoms with Crippen LogP contribution in [0.3, 0.4) is 0 Å². The number of hydrogen-bond donors (Lipinski definition) is 0. The second kappa shape index (κ2) is 6.31. The molecule has 1 rings (SSSR count). The van der Waals surface area contributed by atoms with Gasteiger partial charge in [-0.2, -0.15) is 4.39 Å². The Morgan fingerprint density at radius 3 is 2.30 bits per heavy atom. The molecular formula is C15H19FN2O5. The minimum atomic E-state index is -1.53. The zero-order chi connectivity index (χ0) is 18.0. The zero-order valence-corrected chi connectivity index (χ0v) is 13.6. The number of halogens is 1. The highest BCUT2D eigenvalue weighted by Gasteiger charge is 2.37. The molecule has 7 nitrogen and oxygen atoms in total. The molecule has 0 spiro atoms. The Hall–Kier alpha value is -2.51. The van der Waals surface area contributed by atoms with E-state index in [0.717, 1.165) is 17.0 Å². The molecule has 126 valence electrons. The smallest absolute Gasteiger partial charge is 0.411 e. The van der Waals surface area contributed by atoms with Crippen molar-refractivity contribution in [3.8, 4) is 0 Å². The van der Waals surface area contributed by atoms with Crippen LogP contribution >= 0.6 is 0 Å². The Morgan fingerprint density at radius 1 is 1.35 bits per heavy atom. The van der Waals surface area contributed by atoms with E-state index < -0.39 is 33.7 Å². The zero-order valence-electron chi connectivity index (χ0n) is 13.6. The summed E-state index contributed by atoms with van der Waals surface area (Å²) in [5.41, 5.74) is -2.90. The number of benzene rings is 1. The molecule has 0 saturated carbocycles. The van der Waals surface area contributed by atoms with E-state index in [-0.39, 0.29) is 5.56 Å². The van der Waals surface area contributed by atoms with Crippen LogP contribution in [0.5, 0.6) is 0 Å². The summed E-state index contributed by atoms with van der Waals surface area (Å²) >= 11 is 0. The van der Waals surface area contributed by atoms with Crippen LogP contribution in [0.2, 0.25) is 0 Å². The molecule has 23 heavy (non-hydrogen) atoms. The molecule has 0 bridgehead atoms. The third-order valence-electron chi connectivity index (χ3n) is 3.32. The molecule has 1 aromatic rings. The standard InChI is InChI=1S/C15H19FN2O5/c1-14(2,3)23-13(20)17(5)15(4,9-19)10-6-7-12(18(21)22)11(16)8-10/h6-9H,1-5H3. The van der Waals surface area contributed by atoms with Crippen molar-refractivity contribution in [2.75, 3.05) is 7.05 Å². The molecule has 0 saturated heterocycles. The number of rotatable bonds is 4. The van der Waals surface area contributed by atoms with Crippen molar-refractivity contribution in [3.05, 3.63) is 39.7 Å². The van der Waals surface area contributed by atoms with Crippen molar-refractivity contribution in [1.29, 1.82) is 0 Å². The number of nitro groups is 1. The summed E-state index contributed by atoms with van der Waals surface area (Å²) in [4.78, 5) is 34.5. The van der Waals surface area contributed by atoms with E-state index in [1.54, 1.807) is 20.8 Å². The average Bonchev–Trinajstić information content (AvgIpc) is 2.43.